The monoisotopic (exact) mass is 315 g/mol. The first-order valence-electron chi connectivity index (χ1n) is 5.84. The van der Waals surface area contributed by atoms with Crippen LogP contribution in [-0.4, -0.2) is 13.5 Å². The zero-order valence-electron chi connectivity index (χ0n) is 10.8. The molecule has 0 fully saturated rings. The van der Waals surface area contributed by atoms with Gasteiger partial charge in [0.2, 0.25) is 10.0 Å². The second kappa shape index (κ2) is 6.01. The van der Waals surface area contributed by atoms with Gasteiger partial charge in [0, 0.05) is 6.54 Å². The highest BCUT2D eigenvalue weighted by atomic mass is 32.2. The zero-order valence-corrected chi connectivity index (χ0v) is 12.4. The summed E-state index contributed by atoms with van der Waals surface area (Å²) in [6.45, 7) is 1.67. The fraction of sp³-hybridized carbons (Fsp3) is 0.231. The fourth-order valence-electron chi connectivity index (χ4n) is 1.68. The lowest BCUT2D eigenvalue weighted by Crippen LogP contribution is -2.24. The standard InChI is InChI=1S/C13H14FNO3S2/c1-9-7-19-8-11(9)5-15-20(17,18)13-3-2-10(6-16)4-12(13)14/h2-4,7-8,15-16H,5-6H2,1H3. The molecule has 0 bridgehead atoms. The Kier molecular flexibility index (Phi) is 4.54. The van der Waals surface area contributed by atoms with Gasteiger partial charge in [-0.3, -0.25) is 0 Å². The zero-order chi connectivity index (χ0) is 14.8. The van der Waals surface area contributed by atoms with Crippen LogP contribution in [0, 0.1) is 12.7 Å². The van der Waals surface area contributed by atoms with E-state index in [-0.39, 0.29) is 13.2 Å². The second-order valence-electron chi connectivity index (χ2n) is 4.33. The van der Waals surface area contributed by atoms with Gasteiger partial charge in [-0.05, 0) is 46.5 Å². The summed E-state index contributed by atoms with van der Waals surface area (Å²) in [5, 5.41) is 12.7. The largest absolute Gasteiger partial charge is 0.392 e. The third kappa shape index (κ3) is 3.24. The second-order valence-corrected chi connectivity index (χ2v) is 6.81. The Bertz CT molecular complexity index is 710. The SMILES string of the molecule is Cc1cscc1CNS(=O)(=O)c1ccc(CO)cc1F. The molecule has 1 aromatic heterocycles. The van der Waals surface area contributed by atoms with E-state index in [0.29, 0.717) is 5.56 Å². The van der Waals surface area contributed by atoms with E-state index in [1.54, 1.807) is 0 Å². The van der Waals surface area contributed by atoms with Crippen molar-refractivity contribution in [3.8, 4) is 0 Å². The van der Waals surface area contributed by atoms with E-state index in [9.17, 15) is 12.8 Å². The van der Waals surface area contributed by atoms with Crippen LogP contribution in [0.5, 0.6) is 0 Å². The van der Waals surface area contributed by atoms with Crippen molar-refractivity contribution in [3.63, 3.8) is 0 Å². The molecule has 0 aliphatic carbocycles. The number of sulfonamides is 1. The molecular weight excluding hydrogens is 301 g/mol. The van der Waals surface area contributed by atoms with Gasteiger partial charge in [0.1, 0.15) is 10.7 Å². The molecule has 0 aliphatic rings. The van der Waals surface area contributed by atoms with Crippen LogP contribution in [0.3, 0.4) is 0 Å². The van der Waals surface area contributed by atoms with Crippen LogP contribution in [0.1, 0.15) is 16.7 Å². The Morgan fingerprint density at radius 2 is 2.10 bits per heavy atom. The minimum absolute atomic E-state index is 0.124. The Morgan fingerprint density at radius 1 is 1.35 bits per heavy atom. The van der Waals surface area contributed by atoms with Crippen LogP contribution in [0.25, 0.3) is 0 Å². The van der Waals surface area contributed by atoms with E-state index < -0.39 is 20.7 Å². The molecule has 7 heteroatoms. The summed E-state index contributed by atoms with van der Waals surface area (Å²) in [5.41, 5.74) is 2.19. The number of thiophene rings is 1. The van der Waals surface area contributed by atoms with Crippen molar-refractivity contribution in [2.75, 3.05) is 0 Å². The number of nitrogens with one attached hydrogen (secondary N) is 1. The van der Waals surface area contributed by atoms with E-state index in [4.69, 9.17) is 5.11 Å². The molecule has 0 atom stereocenters. The van der Waals surface area contributed by atoms with Crippen molar-refractivity contribution in [2.45, 2.75) is 25.0 Å². The average Bonchev–Trinajstić information content (AvgIpc) is 2.81. The van der Waals surface area contributed by atoms with E-state index in [1.807, 2.05) is 17.7 Å². The molecule has 0 unspecified atom stereocenters. The summed E-state index contributed by atoms with van der Waals surface area (Å²) >= 11 is 1.48. The predicted octanol–water partition coefficient (Wildman–Crippen LogP) is 2.17. The van der Waals surface area contributed by atoms with Crippen LogP contribution in [0.15, 0.2) is 33.9 Å². The quantitative estimate of drug-likeness (QED) is 0.888. The third-order valence-electron chi connectivity index (χ3n) is 2.88. The van der Waals surface area contributed by atoms with Crippen LogP contribution in [-0.2, 0) is 23.2 Å². The molecular formula is C13H14FNO3S2. The first-order valence-corrected chi connectivity index (χ1v) is 8.27. The summed E-state index contributed by atoms with van der Waals surface area (Å²) < 4.78 is 40.2. The van der Waals surface area contributed by atoms with Gasteiger partial charge in [0.25, 0.3) is 0 Å². The normalized spacial score (nSPS) is 11.8. The van der Waals surface area contributed by atoms with Gasteiger partial charge >= 0.3 is 0 Å². The molecule has 0 aliphatic heterocycles. The van der Waals surface area contributed by atoms with Gasteiger partial charge in [-0.25, -0.2) is 17.5 Å². The number of aliphatic hydroxyl groups is 1. The maximum absolute atomic E-state index is 13.7. The number of hydrogen-bond acceptors (Lipinski definition) is 4. The number of aryl methyl sites for hydroxylation is 1. The number of halogens is 1. The smallest absolute Gasteiger partial charge is 0.243 e. The predicted molar refractivity (Wildman–Crippen MR) is 75.4 cm³/mol. The van der Waals surface area contributed by atoms with Crippen molar-refractivity contribution in [1.82, 2.24) is 4.72 Å². The lowest BCUT2D eigenvalue weighted by Gasteiger charge is -2.08. The van der Waals surface area contributed by atoms with Gasteiger partial charge in [0.05, 0.1) is 6.61 Å². The van der Waals surface area contributed by atoms with Gasteiger partial charge in [-0.15, -0.1) is 0 Å². The Hall–Kier alpha value is -1.28. The molecule has 2 N–H and O–H groups in total. The minimum atomic E-state index is -3.91. The number of rotatable bonds is 5. The first kappa shape index (κ1) is 15.1. The Balaban J connectivity index is 2.20. The van der Waals surface area contributed by atoms with Crippen LogP contribution in [0.4, 0.5) is 4.39 Å². The van der Waals surface area contributed by atoms with Crippen molar-refractivity contribution in [2.24, 2.45) is 0 Å². The molecule has 0 amide bonds. The highest BCUT2D eigenvalue weighted by molar-refractivity contribution is 7.89. The van der Waals surface area contributed by atoms with E-state index in [0.717, 1.165) is 23.3 Å². The first-order chi connectivity index (χ1) is 9.44. The number of aliphatic hydroxyl groups excluding tert-OH is 1. The van der Waals surface area contributed by atoms with Gasteiger partial charge in [0.15, 0.2) is 0 Å². The number of hydrogen-bond donors (Lipinski definition) is 2. The van der Waals surface area contributed by atoms with Gasteiger partial charge in [-0.2, -0.15) is 11.3 Å². The average molecular weight is 315 g/mol. The summed E-state index contributed by atoms with van der Waals surface area (Å²) in [6, 6.07) is 3.56. The van der Waals surface area contributed by atoms with Crippen molar-refractivity contribution in [3.05, 3.63) is 51.5 Å². The van der Waals surface area contributed by atoms with E-state index in [2.05, 4.69) is 4.72 Å². The molecule has 0 radical (unpaired) electrons. The molecule has 2 aromatic rings. The lowest BCUT2D eigenvalue weighted by atomic mass is 10.2. The summed E-state index contributed by atoms with van der Waals surface area (Å²) in [6.07, 6.45) is 0. The molecule has 108 valence electrons. The third-order valence-corrected chi connectivity index (χ3v) is 5.23. The number of benzene rings is 1. The van der Waals surface area contributed by atoms with Crippen molar-refractivity contribution >= 4 is 21.4 Å². The molecule has 20 heavy (non-hydrogen) atoms. The molecule has 4 nitrogen and oxygen atoms in total. The molecule has 0 saturated carbocycles. The summed E-state index contributed by atoms with van der Waals surface area (Å²) in [4.78, 5) is -0.414. The molecule has 1 aromatic carbocycles. The van der Waals surface area contributed by atoms with Gasteiger partial charge in [-0.1, -0.05) is 6.07 Å². The highest BCUT2D eigenvalue weighted by Gasteiger charge is 2.19. The Labute approximate surface area is 120 Å². The van der Waals surface area contributed by atoms with Crippen molar-refractivity contribution in [1.29, 1.82) is 0 Å². The summed E-state index contributed by atoms with van der Waals surface area (Å²) in [5.74, 6) is -0.869. The van der Waals surface area contributed by atoms with Crippen LogP contribution in [0.2, 0.25) is 0 Å². The maximum atomic E-state index is 13.7. The summed E-state index contributed by atoms with van der Waals surface area (Å²) in [7, 11) is -3.91. The van der Waals surface area contributed by atoms with Crippen molar-refractivity contribution < 1.29 is 17.9 Å². The Morgan fingerprint density at radius 3 is 2.65 bits per heavy atom. The van der Waals surface area contributed by atoms with Crippen LogP contribution < -0.4 is 4.72 Å². The lowest BCUT2D eigenvalue weighted by molar-refractivity contribution is 0.281. The van der Waals surface area contributed by atoms with Crippen LogP contribution >= 0.6 is 11.3 Å². The molecule has 0 saturated heterocycles. The molecule has 2 rings (SSSR count). The highest BCUT2D eigenvalue weighted by Crippen LogP contribution is 2.18. The molecule has 0 spiro atoms. The van der Waals surface area contributed by atoms with E-state index >= 15 is 0 Å². The maximum Gasteiger partial charge on any atom is 0.243 e. The fourth-order valence-corrected chi connectivity index (χ4v) is 3.60. The van der Waals surface area contributed by atoms with E-state index in [1.165, 1.54) is 17.4 Å². The van der Waals surface area contributed by atoms with Gasteiger partial charge < -0.3 is 5.11 Å². The molecule has 1 heterocycles. The minimum Gasteiger partial charge on any atom is -0.392 e. The topological polar surface area (TPSA) is 66.4 Å².